The van der Waals surface area contributed by atoms with Crippen LogP contribution in [0.3, 0.4) is 0 Å². The molecule has 1 heterocycles. The second-order valence-electron chi connectivity index (χ2n) is 5.35. The van der Waals surface area contributed by atoms with Gasteiger partial charge in [-0.1, -0.05) is 11.8 Å². The summed E-state index contributed by atoms with van der Waals surface area (Å²) in [5, 5.41) is 4.88. The third-order valence-corrected chi connectivity index (χ3v) is 4.19. The summed E-state index contributed by atoms with van der Waals surface area (Å²) in [6.07, 6.45) is 0. The Kier molecular flexibility index (Phi) is 7.46. The Morgan fingerprint density at radius 1 is 1.32 bits per heavy atom. The van der Waals surface area contributed by atoms with Crippen LogP contribution in [0.1, 0.15) is 10.4 Å². The van der Waals surface area contributed by atoms with Gasteiger partial charge in [0.1, 0.15) is 5.69 Å². The van der Waals surface area contributed by atoms with Gasteiger partial charge in [-0.15, -0.1) is 0 Å². The second-order valence-corrected chi connectivity index (χ2v) is 6.31. The first-order chi connectivity index (χ1) is 13.3. The van der Waals surface area contributed by atoms with E-state index < -0.39 is 23.1 Å². The number of aromatic nitrogens is 2. The van der Waals surface area contributed by atoms with Gasteiger partial charge in [0.25, 0.3) is 11.5 Å². The van der Waals surface area contributed by atoms with E-state index in [4.69, 9.17) is 10.5 Å². The number of nitrogen functional groups attached to an aromatic ring is 1. The molecule has 0 aliphatic rings. The van der Waals surface area contributed by atoms with Crippen molar-refractivity contribution >= 4 is 35.1 Å². The third kappa shape index (κ3) is 5.76. The number of nitrogens with zero attached hydrogens (tertiary/aromatic N) is 1. The van der Waals surface area contributed by atoms with E-state index in [1.165, 1.54) is 7.11 Å². The number of nitrogens with one attached hydrogen (secondary N) is 3. The number of ether oxygens (including phenoxy) is 1. The topological polar surface area (TPSA) is 139 Å². The maximum absolute atomic E-state index is 13.2. The fourth-order valence-corrected chi connectivity index (χ4v) is 2.66. The van der Waals surface area contributed by atoms with Crippen molar-refractivity contribution in [3.05, 3.63) is 45.8 Å². The molecule has 0 spiro atoms. The number of hydrogen-bond acceptors (Lipinski definition) is 7. The highest BCUT2D eigenvalue weighted by Crippen LogP contribution is 2.17. The Bertz CT molecular complexity index is 938. The number of amides is 2. The molecule has 0 saturated carbocycles. The zero-order chi connectivity index (χ0) is 20.7. The number of benzene rings is 1. The molecule has 2 rings (SSSR count). The van der Waals surface area contributed by atoms with Gasteiger partial charge in [0.2, 0.25) is 5.91 Å². The van der Waals surface area contributed by atoms with Crippen LogP contribution in [0.15, 0.2) is 28.2 Å². The molecule has 0 saturated heterocycles. The van der Waals surface area contributed by atoms with Crippen LogP contribution in [0.2, 0.25) is 0 Å². The van der Waals surface area contributed by atoms with E-state index in [1.807, 2.05) is 0 Å². The number of hydrogen-bond donors (Lipinski definition) is 4. The number of H-pyrrole nitrogens is 1. The van der Waals surface area contributed by atoms with E-state index in [1.54, 1.807) is 0 Å². The standard InChI is InChI=1S/C16H17F2N5O4S/c1-27-5-4-20-11(24)7-28-16-22-13(19)12(15(26)23-16)21-14(25)8-2-3-9(17)10(18)6-8/h2-3,6H,4-5,7H2,1H3,(H,20,24)(H,21,25)(H3,19,22,23,26). The highest BCUT2D eigenvalue weighted by atomic mass is 32.2. The molecule has 0 radical (unpaired) electrons. The fraction of sp³-hybridized carbons (Fsp3) is 0.250. The molecular formula is C16H17F2N5O4S. The smallest absolute Gasteiger partial charge is 0.277 e. The van der Waals surface area contributed by atoms with Gasteiger partial charge in [0.05, 0.1) is 12.4 Å². The van der Waals surface area contributed by atoms with E-state index in [-0.39, 0.29) is 33.9 Å². The molecule has 5 N–H and O–H groups in total. The molecule has 1 aromatic heterocycles. The Balaban J connectivity index is 2.05. The molecule has 12 heteroatoms. The van der Waals surface area contributed by atoms with Gasteiger partial charge in [0, 0.05) is 19.2 Å². The van der Waals surface area contributed by atoms with Crippen molar-refractivity contribution in [3.8, 4) is 0 Å². The van der Waals surface area contributed by atoms with Gasteiger partial charge in [-0.3, -0.25) is 19.4 Å². The quantitative estimate of drug-likeness (QED) is 0.284. The molecule has 0 unspecified atom stereocenters. The van der Waals surface area contributed by atoms with Crippen LogP contribution in [0.25, 0.3) is 0 Å². The molecule has 0 fully saturated rings. The van der Waals surface area contributed by atoms with Gasteiger partial charge < -0.3 is 21.1 Å². The van der Waals surface area contributed by atoms with E-state index >= 15 is 0 Å². The van der Waals surface area contributed by atoms with Crippen molar-refractivity contribution in [1.29, 1.82) is 0 Å². The molecule has 2 aromatic rings. The van der Waals surface area contributed by atoms with Crippen LogP contribution >= 0.6 is 11.8 Å². The first-order valence-electron chi connectivity index (χ1n) is 7.86. The molecule has 0 aliphatic carbocycles. The van der Waals surface area contributed by atoms with Crippen molar-refractivity contribution in [3.63, 3.8) is 0 Å². The summed E-state index contributed by atoms with van der Waals surface area (Å²) in [6.45, 7) is 0.710. The fourth-order valence-electron chi connectivity index (χ4n) is 1.96. The second kappa shape index (κ2) is 9.80. The minimum absolute atomic E-state index is 0.0212. The Labute approximate surface area is 162 Å². The Morgan fingerprint density at radius 2 is 2.07 bits per heavy atom. The molecule has 0 bridgehead atoms. The number of rotatable bonds is 8. The SMILES string of the molecule is COCCNC(=O)CSc1nc(N)c(NC(=O)c2ccc(F)c(F)c2)c(=O)[nH]1. The number of methoxy groups -OCH3 is 1. The van der Waals surface area contributed by atoms with Gasteiger partial charge in [-0.05, 0) is 18.2 Å². The van der Waals surface area contributed by atoms with Crippen molar-refractivity contribution in [1.82, 2.24) is 15.3 Å². The lowest BCUT2D eigenvalue weighted by Crippen LogP contribution is -2.28. The van der Waals surface area contributed by atoms with Gasteiger partial charge in [-0.25, -0.2) is 13.8 Å². The molecule has 2 amide bonds. The predicted molar refractivity (Wildman–Crippen MR) is 99.2 cm³/mol. The van der Waals surface area contributed by atoms with Crippen LogP contribution in [0, 0.1) is 11.6 Å². The third-order valence-electron chi connectivity index (χ3n) is 3.31. The van der Waals surface area contributed by atoms with E-state index in [0.29, 0.717) is 19.2 Å². The molecule has 9 nitrogen and oxygen atoms in total. The minimum Gasteiger partial charge on any atom is -0.383 e. The largest absolute Gasteiger partial charge is 0.383 e. The van der Waals surface area contributed by atoms with Crippen LogP contribution in [-0.4, -0.2) is 47.8 Å². The van der Waals surface area contributed by atoms with E-state index in [2.05, 4.69) is 20.6 Å². The average Bonchev–Trinajstić information content (AvgIpc) is 2.65. The summed E-state index contributed by atoms with van der Waals surface area (Å²) >= 11 is 0.939. The molecular weight excluding hydrogens is 396 g/mol. The number of anilines is 2. The molecule has 0 aliphatic heterocycles. The van der Waals surface area contributed by atoms with Crippen molar-refractivity contribution < 1.29 is 23.1 Å². The van der Waals surface area contributed by atoms with Crippen molar-refractivity contribution in [2.75, 3.05) is 37.1 Å². The lowest BCUT2D eigenvalue weighted by atomic mass is 10.2. The Morgan fingerprint density at radius 3 is 2.71 bits per heavy atom. The normalized spacial score (nSPS) is 10.5. The number of nitrogens with two attached hydrogens (primary N) is 1. The molecule has 150 valence electrons. The molecule has 28 heavy (non-hydrogen) atoms. The summed E-state index contributed by atoms with van der Waals surface area (Å²) in [5.74, 6) is -3.78. The minimum atomic E-state index is -1.21. The summed E-state index contributed by atoms with van der Waals surface area (Å²) in [7, 11) is 1.51. The monoisotopic (exact) mass is 413 g/mol. The van der Waals surface area contributed by atoms with E-state index in [0.717, 1.165) is 23.9 Å². The molecule has 1 aromatic carbocycles. The predicted octanol–water partition coefficient (Wildman–Crippen LogP) is 0.737. The summed E-state index contributed by atoms with van der Waals surface area (Å²) < 4.78 is 31.0. The van der Waals surface area contributed by atoms with E-state index in [9.17, 15) is 23.2 Å². The number of thioether (sulfide) groups is 1. The van der Waals surface area contributed by atoms with Crippen LogP contribution in [0.5, 0.6) is 0 Å². The summed E-state index contributed by atoms with van der Waals surface area (Å²) in [6, 6.07) is 2.53. The van der Waals surface area contributed by atoms with Crippen molar-refractivity contribution in [2.24, 2.45) is 0 Å². The molecule has 0 atom stereocenters. The first kappa shape index (κ1) is 21.3. The average molecular weight is 413 g/mol. The van der Waals surface area contributed by atoms with Crippen LogP contribution in [0.4, 0.5) is 20.3 Å². The number of carbonyl (C=O) groups excluding carboxylic acids is 2. The van der Waals surface area contributed by atoms with Gasteiger partial charge in [-0.2, -0.15) is 0 Å². The van der Waals surface area contributed by atoms with Crippen LogP contribution in [-0.2, 0) is 9.53 Å². The van der Waals surface area contributed by atoms with Crippen molar-refractivity contribution in [2.45, 2.75) is 5.16 Å². The highest BCUT2D eigenvalue weighted by Gasteiger charge is 2.16. The maximum Gasteiger partial charge on any atom is 0.277 e. The lowest BCUT2D eigenvalue weighted by Gasteiger charge is -2.09. The number of carbonyl (C=O) groups is 2. The lowest BCUT2D eigenvalue weighted by molar-refractivity contribution is -0.118. The van der Waals surface area contributed by atoms with Gasteiger partial charge >= 0.3 is 0 Å². The first-order valence-corrected chi connectivity index (χ1v) is 8.85. The van der Waals surface area contributed by atoms with Gasteiger partial charge in [0.15, 0.2) is 22.6 Å². The summed E-state index contributed by atoms with van der Waals surface area (Å²) in [4.78, 5) is 42.2. The van der Waals surface area contributed by atoms with Crippen LogP contribution < -0.4 is 21.9 Å². The number of halogens is 2. The Hall–Kier alpha value is -2.99. The zero-order valence-electron chi connectivity index (χ0n) is 14.7. The maximum atomic E-state index is 13.2. The summed E-state index contributed by atoms with van der Waals surface area (Å²) in [5.41, 5.74) is 4.39. The zero-order valence-corrected chi connectivity index (χ0v) is 15.5. The highest BCUT2D eigenvalue weighted by molar-refractivity contribution is 7.99. The number of aromatic amines is 1.